The smallest absolute Gasteiger partial charge is 0.251 e. The van der Waals surface area contributed by atoms with Crippen LogP contribution in [-0.2, 0) is 14.8 Å². The van der Waals surface area contributed by atoms with Crippen LogP contribution in [0.2, 0.25) is 0 Å². The lowest BCUT2D eigenvalue weighted by atomic mass is 9.97. The van der Waals surface area contributed by atoms with E-state index in [9.17, 15) is 23.3 Å². The summed E-state index contributed by atoms with van der Waals surface area (Å²) in [5.41, 5.74) is 0.571. The summed E-state index contributed by atoms with van der Waals surface area (Å²) in [5.74, 6) is -0.624. The zero-order valence-electron chi connectivity index (χ0n) is 18.8. The molecule has 174 valence electrons. The first-order valence-electron chi connectivity index (χ1n) is 10.9. The highest BCUT2D eigenvalue weighted by Crippen LogP contribution is 2.22. The van der Waals surface area contributed by atoms with Crippen LogP contribution < -0.4 is 5.32 Å². The molecule has 1 saturated heterocycles. The molecule has 3 rings (SSSR count). The van der Waals surface area contributed by atoms with E-state index in [1.807, 2.05) is 26.0 Å². The molecule has 0 aliphatic carbocycles. The van der Waals surface area contributed by atoms with Gasteiger partial charge in [0.2, 0.25) is 15.9 Å². The Hall–Kier alpha value is -3.22. The van der Waals surface area contributed by atoms with Gasteiger partial charge in [0.25, 0.3) is 5.91 Å². The minimum Gasteiger partial charge on any atom is -0.340 e. The van der Waals surface area contributed by atoms with Crippen molar-refractivity contribution in [2.45, 2.75) is 31.2 Å². The van der Waals surface area contributed by atoms with E-state index in [4.69, 9.17) is 0 Å². The molecule has 0 spiro atoms. The molecule has 33 heavy (non-hydrogen) atoms. The van der Waals surface area contributed by atoms with Gasteiger partial charge < -0.3 is 10.2 Å². The van der Waals surface area contributed by atoms with Gasteiger partial charge in [-0.2, -0.15) is 9.57 Å². The molecule has 0 saturated carbocycles. The summed E-state index contributed by atoms with van der Waals surface area (Å²) >= 11 is 0. The fourth-order valence-corrected chi connectivity index (χ4v) is 5.33. The van der Waals surface area contributed by atoms with E-state index in [0.717, 1.165) is 0 Å². The second kappa shape index (κ2) is 10.6. The first kappa shape index (κ1) is 24.4. The number of hydrogen-bond donors (Lipinski definition) is 1. The molecule has 1 N–H and O–H groups in total. The minimum atomic E-state index is -3.85. The number of nitrogens with one attached hydrogen (secondary N) is 1. The number of sulfonamides is 1. The number of hydrogen-bond acceptors (Lipinski definition) is 5. The number of nitriles is 1. The second-order valence-electron chi connectivity index (χ2n) is 8.04. The van der Waals surface area contributed by atoms with E-state index >= 15 is 0 Å². The molecule has 2 aromatic rings. The Bertz CT molecular complexity index is 1140. The normalized spacial score (nSPS) is 16.5. The summed E-state index contributed by atoms with van der Waals surface area (Å²) in [6.45, 7) is 4.52. The molecule has 0 radical (unpaired) electrons. The van der Waals surface area contributed by atoms with Gasteiger partial charge in [-0.3, -0.25) is 9.59 Å². The number of benzene rings is 2. The molecule has 2 aromatic carbocycles. The average Bonchev–Trinajstić information content (AvgIpc) is 2.86. The van der Waals surface area contributed by atoms with Crippen molar-refractivity contribution in [3.63, 3.8) is 0 Å². The van der Waals surface area contributed by atoms with Gasteiger partial charge in [-0.05, 0) is 30.2 Å². The molecule has 0 bridgehead atoms. The van der Waals surface area contributed by atoms with E-state index in [2.05, 4.69) is 5.32 Å². The van der Waals surface area contributed by atoms with Crippen molar-refractivity contribution in [3.05, 3.63) is 65.7 Å². The SMILES string of the molecule is CC[C@H](C)[C@H](NC(=O)c1ccccc1)C(=O)N1CCN(S(=O)(=O)c2ccccc2C#N)CC1. The lowest BCUT2D eigenvalue weighted by molar-refractivity contribution is -0.135. The van der Waals surface area contributed by atoms with E-state index in [-0.39, 0.29) is 54.4 Å². The Morgan fingerprint density at radius 2 is 1.64 bits per heavy atom. The van der Waals surface area contributed by atoms with Crippen LogP contribution in [0, 0.1) is 17.2 Å². The Labute approximate surface area is 194 Å². The van der Waals surface area contributed by atoms with E-state index in [0.29, 0.717) is 12.0 Å². The summed E-state index contributed by atoms with van der Waals surface area (Å²) in [6.07, 6.45) is 0.699. The van der Waals surface area contributed by atoms with Gasteiger partial charge in [-0.1, -0.05) is 50.6 Å². The van der Waals surface area contributed by atoms with Crippen molar-refractivity contribution in [2.24, 2.45) is 5.92 Å². The number of amides is 2. The number of piperazine rings is 1. The van der Waals surface area contributed by atoms with Crippen molar-refractivity contribution in [3.8, 4) is 6.07 Å². The largest absolute Gasteiger partial charge is 0.340 e. The van der Waals surface area contributed by atoms with E-state index in [1.165, 1.54) is 16.4 Å². The Balaban J connectivity index is 1.71. The van der Waals surface area contributed by atoms with Gasteiger partial charge in [0.1, 0.15) is 12.1 Å². The predicted octanol–water partition coefficient (Wildman–Crippen LogP) is 2.24. The highest BCUT2D eigenvalue weighted by atomic mass is 32.2. The number of carbonyl (C=O) groups is 2. The zero-order chi connectivity index (χ0) is 24.0. The van der Waals surface area contributed by atoms with Gasteiger partial charge in [-0.15, -0.1) is 0 Å². The van der Waals surface area contributed by atoms with Gasteiger partial charge in [0.15, 0.2) is 0 Å². The molecular formula is C24H28N4O4S. The predicted molar refractivity (Wildman–Crippen MR) is 124 cm³/mol. The second-order valence-corrected chi connectivity index (χ2v) is 9.95. The maximum atomic E-state index is 13.3. The molecule has 8 nitrogen and oxygen atoms in total. The first-order chi connectivity index (χ1) is 15.8. The molecule has 2 atom stereocenters. The van der Waals surface area contributed by atoms with Crippen LogP contribution in [0.5, 0.6) is 0 Å². The minimum absolute atomic E-state index is 0.0279. The fraction of sp³-hybridized carbons (Fsp3) is 0.375. The van der Waals surface area contributed by atoms with Gasteiger partial charge in [0, 0.05) is 31.7 Å². The van der Waals surface area contributed by atoms with Crippen LogP contribution in [0.15, 0.2) is 59.5 Å². The molecule has 0 aromatic heterocycles. The highest BCUT2D eigenvalue weighted by Gasteiger charge is 2.35. The summed E-state index contributed by atoms with van der Waals surface area (Å²) in [4.78, 5) is 27.5. The maximum Gasteiger partial charge on any atom is 0.251 e. The Morgan fingerprint density at radius 1 is 1.03 bits per heavy atom. The van der Waals surface area contributed by atoms with Gasteiger partial charge >= 0.3 is 0 Å². The fourth-order valence-electron chi connectivity index (χ4n) is 3.77. The maximum absolute atomic E-state index is 13.3. The van der Waals surface area contributed by atoms with Gasteiger partial charge in [0.05, 0.1) is 10.5 Å². The summed E-state index contributed by atoms with van der Waals surface area (Å²) in [5, 5.41) is 12.1. The molecule has 1 heterocycles. The molecule has 2 amide bonds. The average molecular weight is 469 g/mol. The van der Waals surface area contributed by atoms with Crippen molar-refractivity contribution < 1.29 is 18.0 Å². The molecule has 1 aliphatic heterocycles. The standard InChI is InChI=1S/C24H28N4O4S/c1-3-18(2)22(26-23(29)19-9-5-4-6-10-19)24(30)27-13-15-28(16-14-27)33(31,32)21-12-8-7-11-20(21)17-25/h4-12,18,22H,3,13-16H2,1-2H3,(H,26,29)/t18-,22-/m0/s1. The number of carbonyl (C=O) groups excluding carboxylic acids is 2. The van der Waals surface area contributed by atoms with Crippen LogP contribution in [0.25, 0.3) is 0 Å². The monoisotopic (exact) mass is 468 g/mol. The zero-order valence-corrected chi connectivity index (χ0v) is 19.6. The summed E-state index contributed by atoms with van der Waals surface area (Å²) < 4.78 is 27.4. The molecule has 0 unspecified atom stereocenters. The molecule has 9 heteroatoms. The molecular weight excluding hydrogens is 440 g/mol. The van der Waals surface area contributed by atoms with Crippen LogP contribution in [0.4, 0.5) is 0 Å². The highest BCUT2D eigenvalue weighted by molar-refractivity contribution is 7.89. The summed E-state index contributed by atoms with van der Waals surface area (Å²) in [6, 6.07) is 16.0. The van der Waals surface area contributed by atoms with Crippen molar-refractivity contribution in [1.29, 1.82) is 5.26 Å². The van der Waals surface area contributed by atoms with Gasteiger partial charge in [-0.25, -0.2) is 8.42 Å². The third-order valence-electron chi connectivity index (χ3n) is 5.98. The van der Waals surface area contributed by atoms with Crippen LogP contribution in [0.3, 0.4) is 0 Å². The lowest BCUT2D eigenvalue weighted by Crippen LogP contribution is -2.57. The van der Waals surface area contributed by atoms with Crippen molar-refractivity contribution in [2.75, 3.05) is 26.2 Å². The topological polar surface area (TPSA) is 111 Å². The van der Waals surface area contributed by atoms with Crippen molar-refractivity contribution in [1.82, 2.24) is 14.5 Å². The Morgan fingerprint density at radius 3 is 2.24 bits per heavy atom. The molecule has 1 aliphatic rings. The molecule has 1 fully saturated rings. The van der Waals surface area contributed by atoms with Crippen LogP contribution >= 0.6 is 0 Å². The lowest BCUT2D eigenvalue weighted by Gasteiger charge is -2.37. The quantitative estimate of drug-likeness (QED) is 0.670. The third kappa shape index (κ3) is 5.41. The Kier molecular flexibility index (Phi) is 7.84. The van der Waals surface area contributed by atoms with Crippen LogP contribution in [0.1, 0.15) is 36.2 Å². The van der Waals surface area contributed by atoms with Crippen molar-refractivity contribution >= 4 is 21.8 Å². The number of rotatable bonds is 7. The third-order valence-corrected chi connectivity index (χ3v) is 7.93. The first-order valence-corrected chi connectivity index (χ1v) is 12.4. The van der Waals surface area contributed by atoms with E-state index in [1.54, 1.807) is 41.3 Å². The van der Waals surface area contributed by atoms with Crippen LogP contribution in [-0.4, -0.2) is 61.7 Å². The van der Waals surface area contributed by atoms with E-state index < -0.39 is 16.1 Å². The summed E-state index contributed by atoms with van der Waals surface area (Å²) in [7, 11) is -3.85. The number of nitrogens with zero attached hydrogens (tertiary/aromatic N) is 3.